The first kappa shape index (κ1) is 14.1. The monoisotopic (exact) mass is 341 g/mol. The van der Waals surface area contributed by atoms with E-state index in [4.69, 9.17) is 0 Å². The molecule has 0 spiro atoms. The second-order valence-corrected chi connectivity index (χ2v) is 6.91. The minimum absolute atomic E-state index is 0.419. The lowest BCUT2D eigenvalue weighted by Gasteiger charge is -2.16. The molecule has 0 saturated heterocycles. The smallest absolute Gasteiger partial charge is 0.0510 e. The van der Waals surface area contributed by atoms with Gasteiger partial charge >= 0.3 is 0 Å². The van der Waals surface area contributed by atoms with Crippen LogP contribution in [0.3, 0.4) is 0 Å². The van der Waals surface area contributed by atoms with Crippen molar-refractivity contribution in [3.63, 3.8) is 0 Å². The summed E-state index contributed by atoms with van der Waals surface area (Å²) in [5.41, 5.74) is 1.38. The van der Waals surface area contributed by atoms with Gasteiger partial charge in [0.1, 0.15) is 0 Å². The standard InChI is InChI=1S/C14H16BrNS2/c1-10-7-8-17-14(10)12(16-2)9-18-13-6-4-3-5-11(13)15/h3-8,12,16H,9H2,1-2H3. The molecule has 1 heterocycles. The molecule has 1 aromatic heterocycles. The summed E-state index contributed by atoms with van der Waals surface area (Å²) in [4.78, 5) is 2.74. The van der Waals surface area contributed by atoms with Crippen LogP contribution in [0.15, 0.2) is 45.1 Å². The Morgan fingerprint density at radius 2 is 2.11 bits per heavy atom. The second kappa shape index (κ2) is 6.75. The first-order valence-corrected chi connectivity index (χ1v) is 8.46. The van der Waals surface area contributed by atoms with Crippen LogP contribution in [0.25, 0.3) is 0 Å². The molecule has 0 aliphatic carbocycles. The predicted molar refractivity (Wildman–Crippen MR) is 85.7 cm³/mol. The lowest BCUT2D eigenvalue weighted by molar-refractivity contribution is 0.670. The van der Waals surface area contributed by atoms with E-state index >= 15 is 0 Å². The van der Waals surface area contributed by atoms with Crippen molar-refractivity contribution in [2.45, 2.75) is 17.9 Å². The van der Waals surface area contributed by atoms with Gasteiger partial charge < -0.3 is 5.32 Å². The molecule has 1 N–H and O–H groups in total. The molecule has 1 atom stereocenters. The van der Waals surface area contributed by atoms with Gasteiger partial charge in [-0.1, -0.05) is 12.1 Å². The Labute approximate surface area is 125 Å². The molecule has 2 rings (SSSR count). The van der Waals surface area contributed by atoms with Crippen LogP contribution in [0.4, 0.5) is 0 Å². The zero-order valence-corrected chi connectivity index (χ0v) is 13.7. The van der Waals surface area contributed by atoms with Gasteiger partial charge in [-0.05, 0) is 59.0 Å². The fraction of sp³-hybridized carbons (Fsp3) is 0.286. The van der Waals surface area contributed by atoms with E-state index in [-0.39, 0.29) is 0 Å². The number of benzene rings is 1. The molecule has 0 aliphatic heterocycles. The summed E-state index contributed by atoms with van der Waals surface area (Å²) in [5.74, 6) is 1.04. The Balaban J connectivity index is 2.05. The minimum atomic E-state index is 0.419. The molecule has 18 heavy (non-hydrogen) atoms. The third kappa shape index (κ3) is 3.38. The normalized spacial score (nSPS) is 12.6. The van der Waals surface area contributed by atoms with Crippen LogP contribution in [0.1, 0.15) is 16.5 Å². The van der Waals surface area contributed by atoms with E-state index < -0.39 is 0 Å². The maximum atomic E-state index is 3.59. The number of thioether (sulfide) groups is 1. The van der Waals surface area contributed by atoms with E-state index in [1.165, 1.54) is 19.8 Å². The van der Waals surface area contributed by atoms with E-state index in [1.54, 1.807) is 0 Å². The van der Waals surface area contributed by atoms with Crippen molar-refractivity contribution >= 4 is 39.0 Å². The number of hydrogen-bond donors (Lipinski definition) is 1. The quantitative estimate of drug-likeness (QED) is 0.778. The summed E-state index contributed by atoms with van der Waals surface area (Å²) in [5, 5.41) is 5.57. The minimum Gasteiger partial charge on any atom is -0.312 e. The highest BCUT2D eigenvalue weighted by Gasteiger charge is 2.14. The number of rotatable bonds is 5. The van der Waals surface area contributed by atoms with Crippen molar-refractivity contribution in [3.8, 4) is 0 Å². The van der Waals surface area contributed by atoms with E-state index in [0.717, 1.165) is 5.75 Å². The molecule has 1 unspecified atom stereocenters. The SMILES string of the molecule is CNC(CSc1ccccc1Br)c1sccc1C. The van der Waals surface area contributed by atoms with Crippen molar-refractivity contribution in [1.82, 2.24) is 5.32 Å². The summed E-state index contributed by atoms with van der Waals surface area (Å²) in [6, 6.07) is 11.0. The van der Waals surface area contributed by atoms with Crippen molar-refractivity contribution in [2.24, 2.45) is 0 Å². The molecule has 4 heteroatoms. The largest absolute Gasteiger partial charge is 0.312 e. The Morgan fingerprint density at radius 1 is 1.33 bits per heavy atom. The van der Waals surface area contributed by atoms with E-state index in [1.807, 2.05) is 36.2 Å². The summed E-state index contributed by atoms with van der Waals surface area (Å²) in [6.07, 6.45) is 0. The zero-order chi connectivity index (χ0) is 13.0. The first-order valence-electron chi connectivity index (χ1n) is 5.81. The van der Waals surface area contributed by atoms with Crippen molar-refractivity contribution < 1.29 is 0 Å². The number of thiophene rings is 1. The van der Waals surface area contributed by atoms with Crippen molar-refractivity contribution in [3.05, 3.63) is 50.6 Å². The van der Waals surface area contributed by atoms with Gasteiger partial charge in [-0.25, -0.2) is 0 Å². The van der Waals surface area contributed by atoms with E-state index in [2.05, 4.69) is 57.8 Å². The highest BCUT2D eigenvalue weighted by atomic mass is 79.9. The van der Waals surface area contributed by atoms with Crippen LogP contribution in [-0.4, -0.2) is 12.8 Å². The van der Waals surface area contributed by atoms with Crippen LogP contribution < -0.4 is 5.32 Å². The van der Waals surface area contributed by atoms with Crippen molar-refractivity contribution in [1.29, 1.82) is 0 Å². The third-order valence-corrected chi connectivity index (χ3v) is 6.06. The van der Waals surface area contributed by atoms with Crippen LogP contribution in [-0.2, 0) is 0 Å². The second-order valence-electron chi connectivity index (χ2n) is 4.05. The summed E-state index contributed by atoms with van der Waals surface area (Å²) < 4.78 is 1.17. The maximum Gasteiger partial charge on any atom is 0.0510 e. The molecular weight excluding hydrogens is 326 g/mol. The number of aryl methyl sites for hydroxylation is 1. The van der Waals surface area contributed by atoms with Crippen LogP contribution >= 0.6 is 39.0 Å². The Kier molecular flexibility index (Phi) is 5.30. The lowest BCUT2D eigenvalue weighted by Crippen LogP contribution is -2.18. The maximum absolute atomic E-state index is 3.59. The number of halogens is 1. The fourth-order valence-electron chi connectivity index (χ4n) is 1.77. The van der Waals surface area contributed by atoms with Crippen LogP contribution in [0, 0.1) is 6.92 Å². The van der Waals surface area contributed by atoms with Gasteiger partial charge in [-0.15, -0.1) is 23.1 Å². The highest BCUT2D eigenvalue weighted by Crippen LogP contribution is 2.32. The van der Waals surface area contributed by atoms with Gasteiger partial charge in [-0.3, -0.25) is 0 Å². The van der Waals surface area contributed by atoms with Gasteiger partial charge in [0.05, 0.1) is 6.04 Å². The number of hydrogen-bond acceptors (Lipinski definition) is 3. The first-order chi connectivity index (χ1) is 8.72. The molecule has 0 aliphatic rings. The van der Waals surface area contributed by atoms with Gasteiger partial charge in [-0.2, -0.15) is 0 Å². The molecule has 96 valence electrons. The average molecular weight is 342 g/mol. The van der Waals surface area contributed by atoms with Crippen LogP contribution in [0.5, 0.6) is 0 Å². The average Bonchev–Trinajstić information content (AvgIpc) is 2.79. The van der Waals surface area contributed by atoms with Gasteiger partial charge in [0.25, 0.3) is 0 Å². The van der Waals surface area contributed by atoms with Crippen LogP contribution in [0.2, 0.25) is 0 Å². The summed E-state index contributed by atoms with van der Waals surface area (Å²) in [6.45, 7) is 2.18. The molecular formula is C14H16BrNS2. The molecule has 2 aromatic rings. The Hall–Kier alpha value is -0.290. The number of nitrogens with one attached hydrogen (secondary N) is 1. The topological polar surface area (TPSA) is 12.0 Å². The zero-order valence-electron chi connectivity index (χ0n) is 10.4. The van der Waals surface area contributed by atoms with Crippen molar-refractivity contribution in [2.75, 3.05) is 12.8 Å². The molecule has 0 saturated carbocycles. The van der Waals surface area contributed by atoms with E-state index in [0.29, 0.717) is 6.04 Å². The van der Waals surface area contributed by atoms with E-state index in [9.17, 15) is 0 Å². The highest BCUT2D eigenvalue weighted by molar-refractivity contribution is 9.10. The Morgan fingerprint density at radius 3 is 2.72 bits per heavy atom. The fourth-order valence-corrected chi connectivity index (χ4v) is 4.60. The molecule has 0 radical (unpaired) electrons. The molecule has 1 aromatic carbocycles. The van der Waals surface area contributed by atoms with Gasteiger partial charge in [0, 0.05) is 20.0 Å². The summed E-state index contributed by atoms with van der Waals surface area (Å²) >= 11 is 7.31. The van der Waals surface area contributed by atoms with Gasteiger partial charge in [0.15, 0.2) is 0 Å². The van der Waals surface area contributed by atoms with Gasteiger partial charge in [0.2, 0.25) is 0 Å². The Bertz CT molecular complexity index is 510. The molecule has 0 amide bonds. The lowest BCUT2D eigenvalue weighted by atomic mass is 10.2. The predicted octanol–water partition coefficient (Wildman–Crippen LogP) is 4.87. The molecule has 0 bridgehead atoms. The molecule has 0 fully saturated rings. The third-order valence-electron chi connectivity index (χ3n) is 2.81. The molecule has 1 nitrogen and oxygen atoms in total. The summed E-state index contributed by atoms with van der Waals surface area (Å²) in [7, 11) is 2.03.